The van der Waals surface area contributed by atoms with Crippen molar-refractivity contribution < 1.29 is 4.92 Å². The van der Waals surface area contributed by atoms with Crippen molar-refractivity contribution >= 4 is 11.4 Å². The van der Waals surface area contributed by atoms with E-state index in [-0.39, 0.29) is 5.69 Å². The summed E-state index contributed by atoms with van der Waals surface area (Å²) >= 11 is 0. The molecule has 1 unspecified atom stereocenters. The number of para-hydroxylation sites is 1. The van der Waals surface area contributed by atoms with Gasteiger partial charge in [0.25, 0.3) is 5.69 Å². The van der Waals surface area contributed by atoms with Gasteiger partial charge < -0.3 is 5.43 Å². The summed E-state index contributed by atoms with van der Waals surface area (Å²) in [6.07, 6.45) is 3.62. The van der Waals surface area contributed by atoms with Crippen LogP contribution in [0.5, 0.6) is 0 Å². The van der Waals surface area contributed by atoms with Gasteiger partial charge in [0.15, 0.2) is 0 Å². The fourth-order valence-corrected chi connectivity index (χ4v) is 2.65. The molecule has 0 spiro atoms. The van der Waals surface area contributed by atoms with E-state index in [2.05, 4.69) is 17.2 Å². The molecule has 1 fully saturated rings. The zero-order valence-electron chi connectivity index (χ0n) is 11.1. The summed E-state index contributed by atoms with van der Waals surface area (Å²) in [7, 11) is 0. The predicted molar refractivity (Wildman–Crippen MR) is 74.6 cm³/mol. The van der Waals surface area contributed by atoms with E-state index in [0.29, 0.717) is 18.3 Å². The van der Waals surface area contributed by atoms with Gasteiger partial charge in [0.1, 0.15) is 5.69 Å². The maximum Gasteiger partial charge on any atom is 0.293 e. The standard InChI is InChI=1S/C13H20N4O2/c1-10-5-2-3-8-16(10)9-11-6-4-7-12(17(18)19)13(11)15-14/h4,6-7,10,15H,2-3,5,8-9,14H2,1H3. The topological polar surface area (TPSA) is 84.4 Å². The van der Waals surface area contributed by atoms with Crippen molar-refractivity contribution in [2.24, 2.45) is 5.84 Å². The molecule has 0 radical (unpaired) electrons. The summed E-state index contributed by atoms with van der Waals surface area (Å²) in [4.78, 5) is 12.9. The lowest BCUT2D eigenvalue weighted by atomic mass is 10.0. The number of nitrogen functional groups attached to an aromatic ring is 1. The second kappa shape index (κ2) is 5.99. The number of hydrazine groups is 1. The molecule has 1 heterocycles. The first kappa shape index (κ1) is 13.8. The second-order valence-corrected chi connectivity index (χ2v) is 5.03. The lowest BCUT2D eigenvalue weighted by molar-refractivity contribution is -0.384. The first-order chi connectivity index (χ1) is 9.13. The van der Waals surface area contributed by atoms with Crippen LogP contribution in [-0.2, 0) is 6.54 Å². The number of rotatable bonds is 4. The first-order valence-corrected chi connectivity index (χ1v) is 6.60. The number of anilines is 1. The summed E-state index contributed by atoms with van der Waals surface area (Å²) in [5, 5.41) is 11.0. The summed E-state index contributed by atoms with van der Waals surface area (Å²) in [5.74, 6) is 5.46. The monoisotopic (exact) mass is 264 g/mol. The highest BCUT2D eigenvalue weighted by Crippen LogP contribution is 2.29. The fourth-order valence-electron chi connectivity index (χ4n) is 2.65. The Morgan fingerprint density at radius 1 is 1.53 bits per heavy atom. The van der Waals surface area contributed by atoms with E-state index in [9.17, 15) is 10.1 Å². The Balaban J connectivity index is 2.24. The van der Waals surface area contributed by atoms with Crippen LogP contribution in [0.1, 0.15) is 31.7 Å². The van der Waals surface area contributed by atoms with Crippen molar-refractivity contribution in [1.29, 1.82) is 0 Å². The molecule has 104 valence electrons. The van der Waals surface area contributed by atoms with Crippen molar-refractivity contribution in [1.82, 2.24) is 4.90 Å². The quantitative estimate of drug-likeness (QED) is 0.495. The van der Waals surface area contributed by atoms with Crippen molar-refractivity contribution in [3.05, 3.63) is 33.9 Å². The minimum atomic E-state index is -0.404. The van der Waals surface area contributed by atoms with Gasteiger partial charge >= 0.3 is 0 Å². The number of hydrogen-bond acceptors (Lipinski definition) is 5. The Morgan fingerprint density at radius 2 is 2.32 bits per heavy atom. The Bertz CT molecular complexity index is 464. The van der Waals surface area contributed by atoms with Gasteiger partial charge in [-0.2, -0.15) is 0 Å². The fraction of sp³-hybridized carbons (Fsp3) is 0.538. The van der Waals surface area contributed by atoms with Gasteiger partial charge in [-0.3, -0.25) is 20.9 Å². The Labute approximate surface area is 112 Å². The third-order valence-electron chi connectivity index (χ3n) is 3.78. The molecular formula is C13H20N4O2. The van der Waals surface area contributed by atoms with Crippen LogP contribution in [0.15, 0.2) is 18.2 Å². The van der Waals surface area contributed by atoms with Crippen LogP contribution >= 0.6 is 0 Å². The molecule has 1 saturated heterocycles. The smallest absolute Gasteiger partial charge is 0.293 e. The molecule has 0 saturated carbocycles. The molecule has 6 nitrogen and oxygen atoms in total. The lowest BCUT2D eigenvalue weighted by Gasteiger charge is -2.33. The van der Waals surface area contributed by atoms with E-state index >= 15 is 0 Å². The van der Waals surface area contributed by atoms with Crippen molar-refractivity contribution in [3.63, 3.8) is 0 Å². The number of nitro groups is 1. The van der Waals surface area contributed by atoms with Gasteiger partial charge in [0.2, 0.25) is 0 Å². The maximum absolute atomic E-state index is 11.0. The predicted octanol–water partition coefficient (Wildman–Crippen LogP) is 2.25. The van der Waals surface area contributed by atoms with Crippen LogP contribution in [0.2, 0.25) is 0 Å². The number of piperidine rings is 1. The summed E-state index contributed by atoms with van der Waals surface area (Å²) in [6, 6.07) is 5.59. The average Bonchev–Trinajstić information content (AvgIpc) is 2.41. The Kier molecular flexibility index (Phi) is 4.34. The summed E-state index contributed by atoms with van der Waals surface area (Å²) < 4.78 is 0. The molecule has 0 amide bonds. The van der Waals surface area contributed by atoms with Gasteiger partial charge in [-0.05, 0) is 31.9 Å². The molecule has 0 bridgehead atoms. The third kappa shape index (κ3) is 3.02. The SMILES string of the molecule is CC1CCCCN1Cc1cccc([N+](=O)[O-])c1NN. The van der Waals surface area contributed by atoms with Gasteiger partial charge in [0.05, 0.1) is 4.92 Å². The number of nitrogens with two attached hydrogens (primary N) is 1. The van der Waals surface area contributed by atoms with Crippen LogP contribution in [0.25, 0.3) is 0 Å². The lowest BCUT2D eigenvalue weighted by Crippen LogP contribution is -2.37. The summed E-state index contributed by atoms with van der Waals surface area (Å²) in [5.41, 5.74) is 3.82. The van der Waals surface area contributed by atoms with E-state index in [1.165, 1.54) is 25.3 Å². The van der Waals surface area contributed by atoms with E-state index in [0.717, 1.165) is 12.1 Å². The largest absolute Gasteiger partial charge is 0.318 e. The van der Waals surface area contributed by atoms with Crippen molar-refractivity contribution in [3.8, 4) is 0 Å². The Morgan fingerprint density at radius 3 is 2.95 bits per heavy atom. The molecule has 1 aromatic rings. The molecule has 3 N–H and O–H groups in total. The van der Waals surface area contributed by atoms with Crippen LogP contribution in [-0.4, -0.2) is 22.4 Å². The van der Waals surface area contributed by atoms with E-state index in [1.807, 2.05) is 6.07 Å². The number of benzene rings is 1. The number of hydrogen-bond donors (Lipinski definition) is 2. The van der Waals surface area contributed by atoms with Crippen molar-refractivity contribution in [2.45, 2.75) is 38.8 Å². The van der Waals surface area contributed by atoms with Crippen LogP contribution < -0.4 is 11.3 Å². The molecule has 1 aromatic carbocycles. The molecule has 0 aliphatic carbocycles. The van der Waals surface area contributed by atoms with E-state index in [4.69, 9.17) is 5.84 Å². The summed E-state index contributed by atoms with van der Waals surface area (Å²) in [6.45, 7) is 3.93. The van der Waals surface area contributed by atoms with E-state index in [1.54, 1.807) is 6.07 Å². The van der Waals surface area contributed by atoms with E-state index < -0.39 is 4.92 Å². The first-order valence-electron chi connectivity index (χ1n) is 6.60. The molecule has 1 atom stereocenters. The van der Waals surface area contributed by atoms with Crippen LogP contribution in [0, 0.1) is 10.1 Å². The number of nitro benzene ring substituents is 1. The highest BCUT2D eigenvalue weighted by molar-refractivity contribution is 5.65. The Hall–Kier alpha value is -1.66. The van der Waals surface area contributed by atoms with Gasteiger partial charge in [0, 0.05) is 18.7 Å². The highest BCUT2D eigenvalue weighted by Gasteiger charge is 2.22. The van der Waals surface area contributed by atoms with Gasteiger partial charge in [-0.25, -0.2) is 0 Å². The van der Waals surface area contributed by atoms with Gasteiger partial charge in [-0.1, -0.05) is 18.6 Å². The second-order valence-electron chi connectivity index (χ2n) is 5.03. The van der Waals surface area contributed by atoms with Gasteiger partial charge in [-0.15, -0.1) is 0 Å². The van der Waals surface area contributed by atoms with Crippen LogP contribution in [0.4, 0.5) is 11.4 Å². The number of nitrogens with zero attached hydrogens (tertiary/aromatic N) is 2. The normalized spacial score (nSPS) is 20.2. The number of nitrogens with one attached hydrogen (secondary N) is 1. The molecule has 0 aromatic heterocycles. The molecule has 6 heteroatoms. The maximum atomic E-state index is 11.0. The zero-order valence-corrected chi connectivity index (χ0v) is 11.1. The van der Waals surface area contributed by atoms with Crippen LogP contribution in [0.3, 0.4) is 0 Å². The van der Waals surface area contributed by atoms with Crippen molar-refractivity contribution in [2.75, 3.05) is 12.0 Å². The third-order valence-corrected chi connectivity index (χ3v) is 3.78. The number of likely N-dealkylation sites (tertiary alicyclic amines) is 1. The molecule has 19 heavy (non-hydrogen) atoms. The minimum Gasteiger partial charge on any atom is -0.318 e. The highest BCUT2D eigenvalue weighted by atomic mass is 16.6. The minimum absolute atomic E-state index is 0.0321. The molecule has 2 rings (SSSR count). The molecule has 1 aliphatic heterocycles. The zero-order chi connectivity index (χ0) is 13.8. The molecule has 1 aliphatic rings. The average molecular weight is 264 g/mol. The molecular weight excluding hydrogens is 244 g/mol.